The maximum absolute atomic E-state index is 13.8. The summed E-state index contributed by atoms with van der Waals surface area (Å²) < 4.78 is 15.1. The van der Waals surface area contributed by atoms with Gasteiger partial charge in [0.05, 0.1) is 44.3 Å². The second-order valence-electron chi connectivity index (χ2n) is 14.6. The average Bonchev–Trinajstić information content (AvgIpc) is 3.78. The summed E-state index contributed by atoms with van der Waals surface area (Å²) in [5.74, 6) is -3.43. The van der Waals surface area contributed by atoms with Crippen LogP contribution in [0.1, 0.15) is 41.4 Å². The number of cyclic esters (lactones) is 4. The first-order chi connectivity index (χ1) is 28.4. The van der Waals surface area contributed by atoms with Crippen molar-refractivity contribution < 1.29 is 28.7 Å². The van der Waals surface area contributed by atoms with Crippen LogP contribution in [0.4, 0.5) is 0 Å². The van der Waals surface area contributed by atoms with Crippen molar-refractivity contribution in [3.63, 3.8) is 0 Å². The molecule has 12 rings (SSSR count). The highest BCUT2D eigenvalue weighted by Crippen LogP contribution is 2.46. The van der Waals surface area contributed by atoms with Crippen LogP contribution in [0.5, 0.6) is 0 Å². The third-order valence-corrected chi connectivity index (χ3v) is 11.7. The minimum absolute atomic E-state index is 0.0855. The van der Waals surface area contributed by atoms with Crippen LogP contribution < -0.4 is 0 Å². The highest BCUT2D eigenvalue weighted by Gasteiger charge is 2.39. The first-order valence-electron chi connectivity index (χ1n) is 18.8. The van der Waals surface area contributed by atoms with E-state index in [-0.39, 0.29) is 33.0 Å². The summed E-state index contributed by atoms with van der Waals surface area (Å²) in [4.78, 5) is 54.7. The van der Waals surface area contributed by atoms with E-state index in [4.69, 9.17) is 9.47 Å². The molecule has 0 N–H and O–H groups in total. The molecule has 4 heterocycles. The molecular formula is C50H26N2O6. The Hall–Kier alpha value is -8.10. The van der Waals surface area contributed by atoms with E-state index in [1.54, 1.807) is 12.1 Å². The quantitative estimate of drug-likeness (QED) is 0.131. The first kappa shape index (κ1) is 32.2. The number of aromatic nitrogens is 2. The summed E-state index contributed by atoms with van der Waals surface area (Å²) in [5.41, 5.74) is 8.37. The van der Waals surface area contributed by atoms with Gasteiger partial charge in [-0.1, -0.05) is 97.1 Å². The predicted octanol–water partition coefficient (Wildman–Crippen LogP) is 11.0. The van der Waals surface area contributed by atoms with E-state index in [0.717, 1.165) is 55.0 Å². The molecule has 0 atom stereocenters. The summed E-state index contributed by atoms with van der Waals surface area (Å²) in [7, 11) is 0. The molecule has 2 aliphatic rings. The maximum atomic E-state index is 13.8. The molecule has 0 amide bonds. The lowest BCUT2D eigenvalue weighted by molar-refractivity contribution is 0.0366. The van der Waals surface area contributed by atoms with Gasteiger partial charge in [0.25, 0.3) is 0 Å². The zero-order valence-electron chi connectivity index (χ0n) is 30.4. The summed E-state index contributed by atoms with van der Waals surface area (Å²) in [6.45, 7) is 0. The molecule has 8 aromatic carbocycles. The van der Waals surface area contributed by atoms with Crippen molar-refractivity contribution in [2.24, 2.45) is 0 Å². The zero-order chi connectivity index (χ0) is 38.8. The van der Waals surface area contributed by atoms with Gasteiger partial charge in [-0.15, -0.1) is 0 Å². The molecule has 0 saturated carbocycles. The van der Waals surface area contributed by atoms with Crippen LogP contribution in [0.3, 0.4) is 0 Å². The molecule has 2 aromatic heterocycles. The topological polar surface area (TPSA) is 96.6 Å². The first-order valence-corrected chi connectivity index (χ1v) is 18.8. The minimum Gasteiger partial charge on any atom is -0.386 e. The number of hydrogen-bond donors (Lipinski definition) is 0. The van der Waals surface area contributed by atoms with Gasteiger partial charge in [0.2, 0.25) is 0 Å². The Labute approximate surface area is 328 Å². The fourth-order valence-electron chi connectivity index (χ4n) is 9.20. The van der Waals surface area contributed by atoms with Crippen LogP contribution in [0.15, 0.2) is 158 Å². The fourth-order valence-corrected chi connectivity index (χ4v) is 9.20. The molecule has 0 bridgehead atoms. The summed E-state index contributed by atoms with van der Waals surface area (Å²) >= 11 is 0. The summed E-state index contributed by atoms with van der Waals surface area (Å²) in [5, 5.41) is 4.91. The lowest BCUT2D eigenvalue weighted by atomic mass is 9.81. The van der Waals surface area contributed by atoms with Crippen LogP contribution >= 0.6 is 0 Å². The standard InChI is InChI=1S/C50H26N2O6/c53-47-37-25-35(27-17-21-29(22-18-27)51-39-13-5-1-9-31(39)32-10-2-6-14-40(32)51)45-43-38(48(54)57-49(45)55)26-36(46(44(37)43)50(56)58-47)28-19-23-30(24-20-28)52-41-15-7-3-11-33(41)34-12-4-8-16-42(34)52/h1-26H. The molecular weight excluding hydrogens is 725 g/mol. The normalized spacial score (nSPS) is 13.6. The third kappa shape index (κ3) is 4.33. The van der Waals surface area contributed by atoms with Gasteiger partial charge in [-0.05, 0) is 82.9 Å². The Bertz CT molecular complexity index is 3180. The number of rotatable bonds is 4. The van der Waals surface area contributed by atoms with Crippen molar-refractivity contribution in [2.75, 3.05) is 0 Å². The Kier molecular flexibility index (Phi) is 6.49. The molecule has 0 radical (unpaired) electrons. The maximum Gasteiger partial charge on any atom is 0.347 e. The van der Waals surface area contributed by atoms with Crippen LogP contribution in [0.2, 0.25) is 0 Å². The van der Waals surface area contributed by atoms with Crippen LogP contribution in [0, 0.1) is 0 Å². The van der Waals surface area contributed by atoms with Crippen molar-refractivity contribution in [3.8, 4) is 33.6 Å². The molecule has 58 heavy (non-hydrogen) atoms. The molecule has 0 unspecified atom stereocenters. The van der Waals surface area contributed by atoms with Gasteiger partial charge < -0.3 is 18.6 Å². The third-order valence-electron chi connectivity index (χ3n) is 11.7. The van der Waals surface area contributed by atoms with Gasteiger partial charge in [0.15, 0.2) is 0 Å². The summed E-state index contributed by atoms with van der Waals surface area (Å²) in [6.07, 6.45) is 0. The number of ether oxygens (including phenoxy) is 2. The molecule has 0 fully saturated rings. The molecule has 272 valence electrons. The molecule has 10 aromatic rings. The smallest absolute Gasteiger partial charge is 0.347 e. The SMILES string of the molecule is O=C1OC(=O)c2c(-c3ccc(-n4c5ccccc5c5ccccc54)cc3)cc3c4c(c(-c5ccc(-n6c7ccccc7c7ccccc76)cc5)cc1c24)C(=O)OC3=O. The highest BCUT2D eigenvalue weighted by molar-refractivity contribution is 6.33. The number of nitrogens with zero attached hydrogens (tertiary/aromatic N) is 2. The van der Waals surface area contributed by atoms with E-state index < -0.39 is 23.9 Å². The lowest BCUT2D eigenvalue weighted by Crippen LogP contribution is -2.26. The van der Waals surface area contributed by atoms with Crippen molar-refractivity contribution in [1.82, 2.24) is 9.13 Å². The van der Waals surface area contributed by atoms with Gasteiger partial charge in [-0.2, -0.15) is 0 Å². The van der Waals surface area contributed by atoms with Crippen LogP contribution in [-0.4, -0.2) is 33.0 Å². The van der Waals surface area contributed by atoms with Crippen molar-refractivity contribution in [3.05, 3.63) is 180 Å². The number of fused-ring (bicyclic) bond motifs is 6. The van der Waals surface area contributed by atoms with E-state index in [0.29, 0.717) is 22.3 Å². The Morgan fingerprint density at radius 3 is 0.966 bits per heavy atom. The Morgan fingerprint density at radius 1 is 0.328 bits per heavy atom. The molecule has 0 spiro atoms. The number of esters is 4. The highest BCUT2D eigenvalue weighted by atomic mass is 16.6. The van der Waals surface area contributed by atoms with E-state index >= 15 is 0 Å². The predicted molar refractivity (Wildman–Crippen MR) is 223 cm³/mol. The number of carbonyl (C=O) groups is 4. The van der Waals surface area contributed by atoms with Gasteiger partial charge in [-0.25, -0.2) is 19.2 Å². The Balaban J connectivity index is 1.03. The second-order valence-corrected chi connectivity index (χ2v) is 14.6. The average molecular weight is 751 g/mol. The van der Waals surface area contributed by atoms with Crippen molar-refractivity contribution >= 4 is 78.3 Å². The monoisotopic (exact) mass is 750 g/mol. The van der Waals surface area contributed by atoms with Crippen LogP contribution in [-0.2, 0) is 9.47 Å². The fraction of sp³-hybridized carbons (Fsp3) is 0. The van der Waals surface area contributed by atoms with Crippen LogP contribution in [0.25, 0.3) is 88.0 Å². The molecule has 8 heteroatoms. The molecule has 0 aliphatic carbocycles. The van der Waals surface area contributed by atoms with E-state index in [2.05, 4.69) is 57.7 Å². The minimum atomic E-state index is -0.858. The van der Waals surface area contributed by atoms with Crippen molar-refractivity contribution in [2.45, 2.75) is 0 Å². The molecule has 0 saturated heterocycles. The molecule has 2 aliphatic heterocycles. The van der Waals surface area contributed by atoms with E-state index in [1.807, 2.05) is 97.1 Å². The Morgan fingerprint density at radius 2 is 0.638 bits per heavy atom. The number of hydrogen-bond acceptors (Lipinski definition) is 6. The largest absolute Gasteiger partial charge is 0.386 e. The summed E-state index contributed by atoms with van der Waals surface area (Å²) in [6, 6.07) is 51.3. The lowest BCUT2D eigenvalue weighted by Gasteiger charge is -2.26. The van der Waals surface area contributed by atoms with Crippen molar-refractivity contribution in [1.29, 1.82) is 0 Å². The van der Waals surface area contributed by atoms with E-state index in [9.17, 15) is 19.2 Å². The number of benzene rings is 8. The zero-order valence-corrected chi connectivity index (χ0v) is 30.4. The van der Waals surface area contributed by atoms with E-state index in [1.165, 1.54) is 0 Å². The van der Waals surface area contributed by atoms with Gasteiger partial charge in [0.1, 0.15) is 0 Å². The van der Waals surface area contributed by atoms with Gasteiger partial charge in [0, 0.05) is 43.7 Å². The number of para-hydroxylation sites is 4. The number of carbonyl (C=O) groups excluding carboxylic acids is 4. The van der Waals surface area contributed by atoms with Gasteiger partial charge >= 0.3 is 23.9 Å². The second kappa shape index (κ2) is 11.7. The van der Waals surface area contributed by atoms with Gasteiger partial charge in [-0.3, -0.25) is 0 Å². The molecule has 8 nitrogen and oxygen atoms in total.